The molecule has 17 heavy (non-hydrogen) atoms. The summed E-state index contributed by atoms with van der Waals surface area (Å²) < 4.78 is 1.09. The lowest BCUT2D eigenvalue weighted by atomic mass is 9.97. The van der Waals surface area contributed by atoms with Crippen LogP contribution in [0.15, 0.2) is 9.59 Å². The zero-order valence-electron chi connectivity index (χ0n) is 9.73. The highest BCUT2D eigenvalue weighted by atomic mass is 16.4. The first-order valence-corrected chi connectivity index (χ1v) is 5.63. The van der Waals surface area contributed by atoms with Gasteiger partial charge in [0.05, 0.1) is 0 Å². The van der Waals surface area contributed by atoms with Gasteiger partial charge in [-0.3, -0.25) is 4.79 Å². The van der Waals surface area contributed by atoms with Gasteiger partial charge < -0.3 is 5.11 Å². The molecule has 96 valence electrons. The van der Waals surface area contributed by atoms with Crippen molar-refractivity contribution in [2.45, 2.75) is 39.2 Å². The Morgan fingerprint density at radius 1 is 1.29 bits per heavy atom. The third kappa shape index (κ3) is 3.93. The van der Waals surface area contributed by atoms with E-state index >= 15 is 0 Å². The second-order valence-electron chi connectivity index (χ2n) is 4.01. The highest BCUT2D eigenvalue weighted by Crippen LogP contribution is 2.15. The molecule has 1 rings (SSSR count). The van der Waals surface area contributed by atoms with E-state index in [1.807, 2.05) is 6.92 Å². The maximum Gasteiger partial charge on any atom is 0.344 e. The number of carboxylic acid groups (broad SMARTS) is 1. The van der Waals surface area contributed by atoms with E-state index in [0.29, 0.717) is 19.4 Å². The summed E-state index contributed by atoms with van der Waals surface area (Å²) >= 11 is 0. The molecule has 0 aliphatic carbocycles. The summed E-state index contributed by atoms with van der Waals surface area (Å²) in [4.78, 5) is 32.8. The number of nitrogens with zero attached hydrogens (tertiary/aromatic N) is 1. The maximum atomic E-state index is 11.2. The number of rotatable bonds is 7. The summed E-state index contributed by atoms with van der Waals surface area (Å²) in [6.45, 7) is 2.28. The molecule has 3 N–H and O–H groups in total. The minimum Gasteiger partial charge on any atom is -0.481 e. The molecular weight excluding hydrogens is 226 g/mol. The molecular formula is C10H17N3O4. The second kappa shape index (κ2) is 6.07. The van der Waals surface area contributed by atoms with E-state index in [1.54, 1.807) is 0 Å². The lowest BCUT2D eigenvalue weighted by molar-refractivity contribution is -0.137. The molecule has 1 aromatic heterocycles. The summed E-state index contributed by atoms with van der Waals surface area (Å²) in [5, 5.41) is 13.0. The van der Waals surface area contributed by atoms with Gasteiger partial charge in [-0.2, -0.15) is 0 Å². The second-order valence-corrected chi connectivity index (χ2v) is 4.01. The molecule has 0 fully saturated rings. The van der Waals surface area contributed by atoms with Crippen LogP contribution in [0.1, 0.15) is 32.6 Å². The molecule has 0 spiro atoms. The quantitative estimate of drug-likeness (QED) is 0.633. The molecule has 0 aromatic carbocycles. The molecule has 0 amide bonds. The first kappa shape index (κ1) is 13.3. The van der Waals surface area contributed by atoms with Crippen LogP contribution < -0.4 is 11.4 Å². The fourth-order valence-corrected chi connectivity index (χ4v) is 1.73. The first-order chi connectivity index (χ1) is 8.04. The number of aliphatic carboxylic acids is 1. The molecule has 0 aliphatic rings. The van der Waals surface area contributed by atoms with Crippen LogP contribution in [0.3, 0.4) is 0 Å². The summed E-state index contributed by atoms with van der Waals surface area (Å²) in [5.74, 6) is -0.604. The van der Waals surface area contributed by atoms with Crippen LogP contribution in [0.25, 0.3) is 0 Å². The molecule has 0 saturated heterocycles. The third-order valence-electron chi connectivity index (χ3n) is 2.87. The van der Waals surface area contributed by atoms with Crippen molar-refractivity contribution in [2.24, 2.45) is 5.92 Å². The molecule has 0 radical (unpaired) electrons. The van der Waals surface area contributed by atoms with E-state index in [1.165, 1.54) is 0 Å². The van der Waals surface area contributed by atoms with Crippen molar-refractivity contribution >= 4 is 5.97 Å². The van der Waals surface area contributed by atoms with E-state index in [0.717, 1.165) is 11.0 Å². The minimum absolute atomic E-state index is 0.122. The Kier molecular flexibility index (Phi) is 4.74. The normalized spacial score (nSPS) is 12.5. The number of carbonyl (C=O) groups is 1. The van der Waals surface area contributed by atoms with Crippen molar-refractivity contribution in [3.63, 3.8) is 0 Å². The Balaban J connectivity index is 2.50. The summed E-state index contributed by atoms with van der Waals surface area (Å²) in [5.41, 5.74) is -0.911. The van der Waals surface area contributed by atoms with Crippen LogP contribution in [-0.2, 0) is 11.3 Å². The Bertz CT molecular complexity index is 443. The molecule has 7 nitrogen and oxygen atoms in total. The molecule has 0 saturated carbocycles. The molecule has 1 aromatic rings. The lowest BCUT2D eigenvalue weighted by Gasteiger charge is -2.12. The number of hydrogen-bond acceptors (Lipinski definition) is 3. The Morgan fingerprint density at radius 3 is 2.35 bits per heavy atom. The van der Waals surface area contributed by atoms with Gasteiger partial charge in [-0.1, -0.05) is 13.3 Å². The molecule has 0 aliphatic heterocycles. The van der Waals surface area contributed by atoms with Crippen LogP contribution in [0.5, 0.6) is 0 Å². The number of carboxylic acids is 1. The monoisotopic (exact) mass is 243 g/mol. The van der Waals surface area contributed by atoms with Gasteiger partial charge in [0.15, 0.2) is 0 Å². The number of aromatic nitrogens is 3. The predicted molar refractivity (Wildman–Crippen MR) is 60.9 cm³/mol. The first-order valence-electron chi connectivity index (χ1n) is 5.63. The van der Waals surface area contributed by atoms with E-state index in [-0.39, 0.29) is 12.3 Å². The smallest absolute Gasteiger partial charge is 0.344 e. The number of H-pyrrole nitrogens is 2. The number of hydrogen-bond donors (Lipinski definition) is 3. The minimum atomic E-state index is -0.819. The van der Waals surface area contributed by atoms with Crippen molar-refractivity contribution in [3.8, 4) is 0 Å². The van der Waals surface area contributed by atoms with E-state index in [4.69, 9.17) is 5.11 Å². The van der Waals surface area contributed by atoms with Crippen LogP contribution >= 0.6 is 0 Å². The highest BCUT2D eigenvalue weighted by molar-refractivity contribution is 5.66. The Morgan fingerprint density at radius 2 is 1.88 bits per heavy atom. The standard InChI is InChI=1S/C10H17N3O4/c1-2-7(3-4-8(14)15)5-6-13-9(16)11-12-10(13)17/h7H,2-6H2,1H3,(H,11,16)(H,12,17)(H,14,15). The van der Waals surface area contributed by atoms with Gasteiger partial charge in [-0.05, 0) is 18.8 Å². The average Bonchev–Trinajstić information content (AvgIpc) is 2.59. The highest BCUT2D eigenvalue weighted by Gasteiger charge is 2.11. The van der Waals surface area contributed by atoms with Crippen molar-refractivity contribution in [1.29, 1.82) is 0 Å². The van der Waals surface area contributed by atoms with Gasteiger partial charge in [-0.25, -0.2) is 24.4 Å². The number of aromatic amines is 2. The molecule has 0 bridgehead atoms. The molecule has 1 atom stereocenters. The van der Waals surface area contributed by atoms with E-state index in [2.05, 4.69) is 10.2 Å². The van der Waals surface area contributed by atoms with Crippen LogP contribution in [0, 0.1) is 5.92 Å². The van der Waals surface area contributed by atoms with E-state index < -0.39 is 17.3 Å². The van der Waals surface area contributed by atoms with Crippen molar-refractivity contribution in [3.05, 3.63) is 21.0 Å². The fraction of sp³-hybridized carbons (Fsp3) is 0.700. The zero-order chi connectivity index (χ0) is 12.8. The summed E-state index contributed by atoms with van der Waals surface area (Å²) in [7, 11) is 0. The SMILES string of the molecule is CCC(CCC(=O)O)CCn1c(=O)[nH][nH]c1=O. The van der Waals surface area contributed by atoms with E-state index in [9.17, 15) is 14.4 Å². The van der Waals surface area contributed by atoms with Crippen molar-refractivity contribution < 1.29 is 9.90 Å². The van der Waals surface area contributed by atoms with Crippen molar-refractivity contribution in [1.82, 2.24) is 14.8 Å². The molecule has 7 heteroatoms. The molecule has 1 unspecified atom stereocenters. The van der Waals surface area contributed by atoms with Crippen LogP contribution in [-0.4, -0.2) is 25.8 Å². The molecule has 1 heterocycles. The van der Waals surface area contributed by atoms with Gasteiger partial charge >= 0.3 is 17.3 Å². The lowest BCUT2D eigenvalue weighted by Crippen LogP contribution is -2.27. The topological polar surface area (TPSA) is 108 Å². The Hall–Kier alpha value is -1.79. The van der Waals surface area contributed by atoms with Gasteiger partial charge in [-0.15, -0.1) is 0 Å². The average molecular weight is 243 g/mol. The Labute approximate surface area is 97.5 Å². The van der Waals surface area contributed by atoms with Crippen LogP contribution in [0.4, 0.5) is 0 Å². The van der Waals surface area contributed by atoms with Gasteiger partial charge in [0.2, 0.25) is 0 Å². The van der Waals surface area contributed by atoms with Crippen LogP contribution in [0.2, 0.25) is 0 Å². The van der Waals surface area contributed by atoms with Gasteiger partial charge in [0.25, 0.3) is 0 Å². The van der Waals surface area contributed by atoms with Gasteiger partial charge in [0.1, 0.15) is 0 Å². The van der Waals surface area contributed by atoms with Crippen molar-refractivity contribution in [2.75, 3.05) is 0 Å². The zero-order valence-corrected chi connectivity index (χ0v) is 9.73. The number of nitrogens with one attached hydrogen (secondary N) is 2. The summed E-state index contributed by atoms with van der Waals surface area (Å²) in [6.07, 6.45) is 2.16. The maximum absolute atomic E-state index is 11.2. The predicted octanol–water partition coefficient (Wildman–Crippen LogP) is 0.146. The van der Waals surface area contributed by atoms with Gasteiger partial charge in [0, 0.05) is 13.0 Å². The third-order valence-corrected chi connectivity index (χ3v) is 2.87. The summed E-state index contributed by atoms with van der Waals surface area (Å²) in [6, 6.07) is 0. The fourth-order valence-electron chi connectivity index (χ4n) is 1.73. The largest absolute Gasteiger partial charge is 0.481 e.